The second-order valence-corrected chi connectivity index (χ2v) is 14.6. The van der Waals surface area contributed by atoms with Gasteiger partial charge in [0, 0.05) is 51.3 Å². The quantitative estimate of drug-likeness (QED) is 0.174. The van der Waals surface area contributed by atoms with Gasteiger partial charge in [-0.05, 0) is 69.0 Å². The van der Waals surface area contributed by atoms with E-state index in [0.29, 0.717) is 49.5 Å². The van der Waals surface area contributed by atoms with Crippen molar-refractivity contribution in [1.82, 2.24) is 9.80 Å². The van der Waals surface area contributed by atoms with Crippen molar-refractivity contribution in [2.24, 2.45) is 5.92 Å². The van der Waals surface area contributed by atoms with Crippen LogP contribution in [0.2, 0.25) is 0 Å². The molecule has 2 aromatic rings. The van der Waals surface area contributed by atoms with Crippen molar-refractivity contribution in [2.75, 3.05) is 40.5 Å². The third kappa shape index (κ3) is 10.1. The Morgan fingerprint density at radius 2 is 1.67 bits per heavy atom. The topological polar surface area (TPSA) is 141 Å². The van der Waals surface area contributed by atoms with E-state index in [9.17, 15) is 36.3 Å². The zero-order chi connectivity index (χ0) is 36.1. The van der Waals surface area contributed by atoms with E-state index < -0.39 is 56.9 Å². The summed E-state index contributed by atoms with van der Waals surface area (Å²) in [4.78, 5) is 30.6. The van der Waals surface area contributed by atoms with Crippen molar-refractivity contribution in [2.45, 2.75) is 75.8 Å². The van der Waals surface area contributed by atoms with Crippen molar-refractivity contribution >= 4 is 22.1 Å². The third-order valence-electron chi connectivity index (χ3n) is 7.93. The summed E-state index contributed by atoms with van der Waals surface area (Å²) >= 11 is 0. The van der Waals surface area contributed by atoms with Crippen LogP contribution in [0.3, 0.4) is 0 Å². The molecule has 3 atom stereocenters. The van der Waals surface area contributed by atoms with Crippen LogP contribution in [0, 0.1) is 5.92 Å². The highest BCUT2D eigenvalue weighted by atomic mass is 32.2. The smallest absolute Gasteiger partial charge is 0.497 e. The fourth-order valence-corrected chi connectivity index (χ4v) is 6.09. The summed E-state index contributed by atoms with van der Waals surface area (Å²) < 4.78 is 89.0. The molecule has 49 heavy (non-hydrogen) atoms. The van der Waals surface area contributed by atoms with Gasteiger partial charge < -0.3 is 38.0 Å². The molecule has 1 saturated carbocycles. The molecule has 0 aromatic heterocycles. The SMILES string of the molecule is COCCCOc1cc(CN(C(=O)[C@H]2CN(C(=O)OC(C)(C)C)C[C@@H](O)[C@@H]2c2cccc(OS(=O)(=O)C(F)(F)F)c2)C2CC2)cc(OC)c1. The van der Waals surface area contributed by atoms with Gasteiger partial charge in [-0.15, -0.1) is 0 Å². The number of halogens is 3. The van der Waals surface area contributed by atoms with E-state index in [0.717, 1.165) is 12.1 Å². The Balaban J connectivity index is 1.69. The van der Waals surface area contributed by atoms with E-state index in [4.69, 9.17) is 18.9 Å². The van der Waals surface area contributed by atoms with Crippen LogP contribution in [0.25, 0.3) is 0 Å². The van der Waals surface area contributed by atoms with Gasteiger partial charge in [0.2, 0.25) is 5.91 Å². The Labute approximate surface area is 284 Å². The predicted octanol–water partition coefficient (Wildman–Crippen LogP) is 4.84. The van der Waals surface area contributed by atoms with Crippen LogP contribution >= 0.6 is 0 Å². The number of methoxy groups -OCH3 is 2. The van der Waals surface area contributed by atoms with E-state index in [1.165, 1.54) is 24.1 Å². The van der Waals surface area contributed by atoms with Gasteiger partial charge in [-0.25, -0.2) is 4.79 Å². The van der Waals surface area contributed by atoms with E-state index in [1.807, 2.05) is 0 Å². The fourth-order valence-electron chi connectivity index (χ4n) is 5.64. The number of carbonyl (C=O) groups is 2. The molecule has 1 heterocycles. The molecule has 0 radical (unpaired) electrons. The number of amides is 2. The van der Waals surface area contributed by atoms with Crippen LogP contribution in [0.1, 0.15) is 57.1 Å². The molecule has 2 amide bonds. The monoisotopic (exact) mass is 716 g/mol. The number of β-amino-alcohol motifs (C(OH)–C–C–N with tert-alkyl or cyclic N) is 1. The number of carbonyl (C=O) groups excluding carboxylic acids is 2. The maximum absolute atomic E-state index is 14.6. The maximum Gasteiger partial charge on any atom is 0.534 e. The highest BCUT2D eigenvalue weighted by Crippen LogP contribution is 2.40. The first-order chi connectivity index (χ1) is 22.9. The van der Waals surface area contributed by atoms with E-state index >= 15 is 0 Å². The number of likely N-dealkylation sites (tertiary alicyclic amines) is 1. The first-order valence-corrected chi connectivity index (χ1v) is 17.2. The Kier molecular flexibility index (Phi) is 12.0. The number of hydrogen-bond acceptors (Lipinski definition) is 10. The zero-order valence-corrected chi connectivity index (χ0v) is 28.9. The standard InChI is InChI=1S/C33H43F3N2O10S/c1-32(2,3)47-31(41)37-19-27(29(28(39)20-37)22-8-6-9-24(16-22)48-49(42,43)33(34,35)36)30(40)38(23-10-11-23)18-21-14-25(45-5)17-26(15-21)46-13-7-12-44-4/h6,8-9,14-17,23,27-29,39H,7,10-13,18-20H2,1-5H3/t27-,28+,29+/m0/s1. The summed E-state index contributed by atoms with van der Waals surface area (Å²) in [5, 5.41) is 11.5. The minimum absolute atomic E-state index is 0.133. The molecule has 0 unspecified atom stereocenters. The summed E-state index contributed by atoms with van der Waals surface area (Å²) in [6, 6.07) is 9.95. The van der Waals surface area contributed by atoms with Gasteiger partial charge >= 0.3 is 21.7 Å². The number of rotatable bonds is 13. The maximum atomic E-state index is 14.6. The van der Waals surface area contributed by atoms with Gasteiger partial charge in [-0.1, -0.05) is 12.1 Å². The second kappa shape index (κ2) is 15.4. The lowest BCUT2D eigenvalue weighted by Gasteiger charge is -2.43. The molecular weight excluding hydrogens is 673 g/mol. The van der Waals surface area contributed by atoms with Crippen molar-refractivity contribution in [3.63, 3.8) is 0 Å². The van der Waals surface area contributed by atoms with Gasteiger partial charge in [0.25, 0.3) is 0 Å². The van der Waals surface area contributed by atoms with Crippen molar-refractivity contribution in [3.8, 4) is 17.2 Å². The largest absolute Gasteiger partial charge is 0.534 e. The van der Waals surface area contributed by atoms with Crippen LogP contribution < -0.4 is 13.7 Å². The van der Waals surface area contributed by atoms with E-state index in [-0.39, 0.29) is 31.2 Å². The molecule has 2 aromatic carbocycles. The highest BCUT2D eigenvalue weighted by Gasteiger charge is 2.49. The van der Waals surface area contributed by atoms with Crippen LogP contribution in [-0.2, 0) is 30.9 Å². The Morgan fingerprint density at radius 1 is 0.980 bits per heavy atom. The summed E-state index contributed by atoms with van der Waals surface area (Å²) in [5.74, 6) is -2.16. The molecule has 2 fully saturated rings. The molecular formula is C33H43F3N2O10S. The number of ether oxygens (including phenoxy) is 4. The van der Waals surface area contributed by atoms with Crippen molar-refractivity contribution in [3.05, 3.63) is 53.6 Å². The lowest BCUT2D eigenvalue weighted by molar-refractivity contribution is -0.141. The Bertz CT molecular complexity index is 1580. The minimum Gasteiger partial charge on any atom is -0.497 e. The van der Waals surface area contributed by atoms with Crippen molar-refractivity contribution < 1.29 is 59.4 Å². The molecule has 1 aliphatic carbocycles. The van der Waals surface area contributed by atoms with Crippen LogP contribution in [0.15, 0.2) is 42.5 Å². The summed E-state index contributed by atoms with van der Waals surface area (Å²) in [6.07, 6.45) is -0.0507. The van der Waals surface area contributed by atoms with Crippen LogP contribution in [0.4, 0.5) is 18.0 Å². The Hall–Kier alpha value is -3.76. The molecule has 12 nitrogen and oxygen atoms in total. The molecule has 16 heteroatoms. The summed E-state index contributed by atoms with van der Waals surface area (Å²) in [5.41, 5.74) is -5.68. The molecule has 2 aliphatic rings. The van der Waals surface area contributed by atoms with Gasteiger partial charge in [-0.2, -0.15) is 21.6 Å². The minimum atomic E-state index is -5.98. The Morgan fingerprint density at radius 3 is 2.29 bits per heavy atom. The lowest BCUT2D eigenvalue weighted by atomic mass is 9.77. The third-order valence-corrected chi connectivity index (χ3v) is 8.91. The number of hydrogen-bond donors (Lipinski definition) is 1. The summed E-state index contributed by atoms with van der Waals surface area (Å²) in [7, 11) is -2.88. The number of benzene rings is 2. The second-order valence-electron chi connectivity index (χ2n) is 13.0. The number of piperidine rings is 1. The molecule has 0 bridgehead atoms. The number of aliphatic hydroxyl groups excluding tert-OH is 1. The van der Waals surface area contributed by atoms with E-state index in [2.05, 4.69) is 4.18 Å². The molecule has 1 saturated heterocycles. The van der Waals surface area contributed by atoms with Gasteiger partial charge in [0.1, 0.15) is 22.8 Å². The average Bonchev–Trinajstić information content (AvgIpc) is 3.85. The molecule has 1 N–H and O–H groups in total. The number of alkyl halides is 3. The van der Waals surface area contributed by atoms with Gasteiger partial charge in [0.05, 0.1) is 32.3 Å². The summed E-state index contributed by atoms with van der Waals surface area (Å²) in [6.45, 7) is 5.63. The predicted molar refractivity (Wildman–Crippen MR) is 171 cm³/mol. The molecule has 4 rings (SSSR count). The molecule has 272 valence electrons. The molecule has 1 aliphatic heterocycles. The molecule has 0 spiro atoms. The zero-order valence-electron chi connectivity index (χ0n) is 28.1. The first kappa shape index (κ1) is 38.0. The van der Waals surface area contributed by atoms with Crippen LogP contribution in [0.5, 0.6) is 17.2 Å². The highest BCUT2D eigenvalue weighted by molar-refractivity contribution is 7.88. The fraction of sp³-hybridized carbons (Fsp3) is 0.576. The average molecular weight is 717 g/mol. The number of nitrogens with zero attached hydrogens (tertiary/aromatic N) is 2. The van der Waals surface area contributed by atoms with Gasteiger partial charge in [0.15, 0.2) is 0 Å². The normalized spacial score (nSPS) is 20.0. The lowest BCUT2D eigenvalue weighted by Crippen LogP contribution is -2.56. The van der Waals surface area contributed by atoms with Crippen LogP contribution in [-0.4, -0.2) is 99.1 Å². The first-order valence-electron chi connectivity index (χ1n) is 15.8. The van der Waals surface area contributed by atoms with Crippen molar-refractivity contribution in [1.29, 1.82) is 0 Å². The number of aliphatic hydroxyl groups is 1. The van der Waals surface area contributed by atoms with Gasteiger partial charge in [-0.3, -0.25) is 4.79 Å². The van der Waals surface area contributed by atoms with E-state index in [1.54, 1.807) is 51.0 Å².